The van der Waals surface area contributed by atoms with E-state index in [4.69, 9.17) is 14.2 Å². The quantitative estimate of drug-likeness (QED) is 0.169. The standard InChI is InChI=1S/C34H52O7/c1-7-8-9-10-11-12-13-14-15-16-25(36)39-33-18-17-32-20-22(2)29-34(32,41-31(5,6)40-29)27(37)23(21-35)19-24(28(32)38)26(33)30(33,3)4/h19-20,24,26-27,29,35,37H,7-18,21H2,1-6H3/t24-,26+,27+,29-,32+,33-,34-/m0/s1. The molecule has 1 saturated heterocycles. The number of hydrogen-bond donors (Lipinski definition) is 2. The molecule has 4 aliphatic carbocycles. The van der Waals surface area contributed by atoms with Crippen LogP contribution in [0.4, 0.5) is 0 Å². The normalized spacial score (nSPS) is 39.6. The summed E-state index contributed by atoms with van der Waals surface area (Å²) in [7, 11) is 0. The lowest BCUT2D eigenvalue weighted by molar-refractivity contribution is -0.209. The molecule has 2 bridgehead atoms. The van der Waals surface area contributed by atoms with E-state index in [0.717, 1.165) is 24.8 Å². The van der Waals surface area contributed by atoms with E-state index in [1.54, 1.807) is 19.9 Å². The number of hydrogen-bond acceptors (Lipinski definition) is 7. The van der Waals surface area contributed by atoms with E-state index in [1.807, 2.05) is 13.0 Å². The maximum Gasteiger partial charge on any atom is 0.306 e. The first-order valence-electron chi connectivity index (χ1n) is 16.2. The Morgan fingerprint density at radius 3 is 2.29 bits per heavy atom. The van der Waals surface area contributed by atoms with Gasteiger partial charge in [-0.25, -0.2) is 0 Å². The maximum absolute atomic E-state index is 14.7. The molecule has 1 heterocycles. The molecule has 2 spiro atoms. The fourth-order valence-corrected chi connectivity index (χ4v) is 9.18. The number of allylic oxidation sites excluding steroid dienone is 1. The van der Waals surface area contributed by atoms with Gasteiger partial charge in [-0.3, -0.25) is 9.59 Å². The van der Waals surface area contributed by atoms with Crippen molar-refractivity contribution in [3.63, 3.8) is 0 Å². The Labute approximate surface area is 246 Å². The number of ketones is 1. The fraction of sp³-hybridized carbons (Fsp3) is 0.824. The monoisotopic (exact) mass is 572 g/mol. The van der Waals surface area contributed by atoms with Gasteiger partial charge >= 0.3 is 5.97 Å². The molecule has 2 N–H and O–H groups in total. The van der Waals surface area contributed by atoms with Gasteiger partial charge in [-0.1, -0.05) is 84.3 Å². The van der Waals surface area contributed by atoms with E-state index in [-0.39, 0.29) is 17.7 Å². The average molecular weight is 573 g/mol. The third kappa shape index (κ3) is 4.60. The van der Waals surface area contributed by atoms with Crippen molar-refractivity contribution in [3.05, 3.63) is 23.3 Å². The summed E-state index contributed by atoms with van der Waals surface area (Å²) < 4.78 is 19.3. The van der Waals surface area contributed by atoms with Crippen LogP contribution in [0.2, 0.25) is 0 Å². The number of unbranched alkanes of at least 4 members (excludes halogenated alkanes) is 8. The second-order valence-electron chi connectivity index (χ2n) is 14.5. The summed E-state index contributed by atoms with van der Waals surface area (Å²) in [5.41, 5.74) is -2.48. The van der Waals surface area contributed by atoms with Gasteiger partial charge in [0.2, 0.25) is 0 Å². The van der Waals surface area contributed by atoms with Gasteiger partial charge in [-0.05, 0) is 51.2 Å². The van der Waals surface area contributed by atoms with E-state index in [0.29, 0.717) is 24.8 Å². The van der Waals surface area contributed by atoms with Gasteiger partial charge in [0.15, 0.2) is 11.6 Å². The molecule has 0 amide bonds. The van der Waals surface area contributed by atoms with E-state index in [2.05, 4.69) is 20.8 Å². The van der Waals surface area contributed by atoms with Crippen molar-refractivity contribution in [1.82, 2.24) is 0 Å². The molecule has 7 nitrogen and oxygen atoms in total. The predicted octanol–water partition coefficient (Wildman–Crippen LogP) is 5.95. The van der Waals surface area contributed by atoms with Crippen LogP contribution in [0.25, 0.3) is 0 Å². The SMILES string of the molecule is CCCCCCCCCCCC(=O)O[C@@]12CC[C@]34C=C(C)[C@@H]5OC(C)(C)O[C@@]53[C@H](O)C(CO)=C[C@H](C4=O)[C@@H]1C2(C)C. The summed E-state index contributed by atoms with van der Waals surface area (Å²) in [6, 6.07) is 0. The van der Waals surface area contributed by atoms with Crippen molar-refractivity contribution in [2.75, 3.05) is 6.61 Å². The number of aliphatic hydroxyl groups is 2. The Morgan fingerprint density at radius 1 is 1.02 bits per heavy atom. The smallest absolute Gasteiger partial charge is 0.306 e. The zero-order valence-corrected chi connectivity index (χ0v) is 26.1. The topological polar surface area (TPSA) is 102 Å². The molecular formula is C34H52O7. The van der Waals surface area contributed by atoms with E-state index >= 15 is 0 Å². The Balaban J connectivity index is 1.35. The summed E-state index contributed by atoms with van der Waals surface area (Å²) in [6.45, 7) is 11.5. The highest BCUT2D eigenvalue weighted by Crippen LogP contribution is 2.75. The first kappa shape index (κ1) is 30.9. The van der Waals surface area contributed by atoms with E-state index in [1.165, 1.54) is 38.5 Å². The molecule has 230 valence electrons. The number of esters is 1. The zero-order chi connectivity index (χ0) is 29.8. The zero-order valence-electron chi connectivity index (χ0n) is 26.1. The minimum absolute atomic E-state index is 0.0319. The maximum atomic E-state index is 14.7. The molecule has 2 saturated carbocycles. The number of fused-ring (bicyclic) bond motifs is 3. The third-order valence-electron chi connectivity index (χ3n) is 11.2. The molecule has 5 rings (SSSR count). The van der Waals surface area contributed by atoms with Crippen LogP contribution < -0.4 is 0 Å². The summed E-state index contributed by atoms with van der Waals surface area (Å²) in [6.07, 6.45) is 13.8. The van der Waals surface area contributed by atoms with Crippen LogP contribution in [0.1, 0.15) is 119 Å². The number of Topliss-reactive ketones (excluding diaryl/α,β-unsaturated/α-hetero) is 1. The number of aliphatic hydroxyl groups excluding tert-OH is 2. The number of ether oxygens (including phenoxy) is 3. The van der Waals surface area contributed by atoms with Crippen molar-refractivity contribution in [2.45, 2.75) is 148 Å². The number of rotatable bonds is 12. The Kier molecular flexibility index (Phi) is 8.19. The third-order valence-corrected chi connectivity index (χ3v) is 11.2. The van der Waals surface area contributed by atoms with Crippen molar-refractivity contribution >= 4 is 11.8 Å². The molecule has 7 atom stereocenters. The summed E-state index contributed by atoms with van der Waals surface area (Å²) >= 11 is 0. The molecule has 5 aliphatic rings. The summed E-state index contributed by atoms with van der Waals surface area (Å²) in [5.74, 6) is -2.08. The summed E-state index contributed by atoms with van der Waals surface area (Å²) in [5, 5.41) is 22.2. The van der Waals surface area contributed by atoms with Gasteiger partial charge in [-0.2, -0.15) is 0 Å². The van der Waals surface area contributed by atoms with Gasteiger partial charge in [0, 0.05) is 23.7 Å². The minimum atomic E-state index is -1.37. The average Bonchev–Trinajstić information content (AvgIpc) is 3.14. The molecular weight excluding hydrogens is 520 g/mol. The van der Waals surface area contributed by atoms with Crippen LogP contribution in [0.15, 0.2) is 23.3 Å². The second-order valence-corrected chi connectivity index (χ2v) is 14.5. The van der Waals surface area contributed by atoms with Crippen LogP contribution in [-0.2, 0) is 23.8 Å². The first-order valence-corrected chi connectivity index (χ1v) is 16.2. The highest BCUT2D eigenvalue weighted by molar-refractivity contribution is 5.95. The van der Waals surface area contributed by atoms with Crippen molar-refractivity contribution in [3.8, 4) is 0 Å². The number of carbonyl (C=O) groups is 2. The van der Waals surface area contributed by atoms with Gasteiger partial charge in [0.05, 0.1) is 12.0 Å². The van der Waals surface area contributed by atoms with Gasteiger partial charge < -0.3 is 24.4 Å². The molecule has 41 heavy (non-hydrogen) atoms. The fourth-order valence-electron chi connectivity index (χ4n) is 9.18. The molecule has 0 radical (unpaired) electrons. The second kappa shape index (κ2) is 10.9. The molecule has 0 aromatic carbocycles. The molecule has 0 unspecified atom stereocenters. The van der Waals surface area contributed by atoms with Crippen LogP contribution in [0, 0.1) is 22.7 Å². The van der Waals surface area contributed by atoms with Crippen LogP contribution in [0.3, 0.4) is 0 Å². The van der Waals surface area contributed by atoms with Crippen molar-refractivity contribution in [1.29, 1.82) is 0 Å². The molecule has 0 aromatic rings. The van der Waals surface area contributed by atoms with Crippen LogP contribution >= 0.6 is 0 Å². The molecule has 7 heteroatoms. The largest absolute Gasteiger partial charge is 0.458 e. The van der Waals surface area contributed by atoms with E-state index in [9.17, 15) is 19.8 Å². The van der Waals surface area contributed by atoms with Crippen molar-refractivity contribution < 1.29 is 34.0 Å². The van der Waals surface area contributed by atoms with Gasteiger partial charge in [0.25, 0.3) is 0 Å². The predicted molar refractivity (Wildman–Crippen MR) is 156 cm³/mol. The molecule has 1 aliphatic heterocycles. The van der Waals surface area contributed by atoms with Crippen molar-refractivity contribution in [2.24, 2.45) is 22.7 Å². The van der Waals surface area contributed by atoms with Crippen LogP contribution in [0.5, 0.6) is 0 Å². The highest BCUT2D eigenvalue weighted by Gasteiger charge is 2.83. The Bertz CT molecular complexity index is 1100. The first-order chi connectivity index (χ1) is 19.3. The molecule has 3 fully saturated rings. The van der Waals surface area contributed by atoms with Gasteiger partial charge in [0.1, 0.15) is 23.4 Å². The van der Waals surface area contributed by atoms with Crippen LogP contribution in [-0.4, -0.2) is 57.8 Å². The Hall–Kier alpha value is -1.54. The Morgan fingerprint density at radius 2 is 1.66 bits per heavy atom. The van der Waals surface area contributed by atoms with Gasteiger partial charge in [-0.15, -0.1) is 0 Å². The van der Waals surface area contributed by atoms with E-state index < -0.39 is 52.6 Å². The lowest BCUT2D eigenvalue weighted by Gasteiger charge is -2.46. The lowest BCUT2D eigenvalue weighted by atomic mass is 9.63. The number of carbonyl (C=O) groups excluding carboxylic acids is 2. The summed E-state index contributed by atoms with van der Waals surface area (Å²) in [4.78, 5) is 28.0. The molecule has 0 aromatic heterocycles. The lowest BCUT2D eigenvalue weighted by Crippen LogP contribution is -2.62. The highest BCUT2D eigenvalue weighted by atomic mass is 16.8. The minimum Gasteiger partial charge on any atom is -0.458 e.